The van der Waals surface area contributed by atoms with Crippen LogP contribution in [0.5, 0.6) is 0 Å². The molecular weight excluding hydrogens is 485 g/mol. The van der Waals surface area contributed by atoms with E-state index in [4.69, 9.17) is 11.5 Å². The van der Waals surface area contributed by atoms with Crippen LogP contribution in [0.15, 0.2) is 66.7 Å². The average molecular weight is 517 g/mol. The number of hydrogen-bond acceptors (Lipinski definition) is 3. The highest BCUT2D eigenvalue weighted by Gasteiger charge is 2.26. The number of rotatable bonds is 9. The van der Waals surface area contributed by atoms with Crippen LogP contribution in [-0.2, 0) is 25.8 Å². The summed E-state index contributed by atoms with van der Waals surface area (Å²) in [5.41, 5.74) is 17.0. The lowest BCUT2D eigenvalue weighted by molar-refractivity contribution is 0.0983. The third-order valence-corrected chi connectivity index (χ3v) is 6.98. The lowest BCUT2D eigenvalue weighted by atomic mass is 9.96. The molecule has 0 aromatic heterocycles. The van der Waals surface area contributed by atoms with Gasteiger partial charge in [0.15, 0.2) is 17.4 Å². The Morgan fingerprint density at radius 3 is 1.95 bits per heavy atom. The Labute approximate surface area is 221 Å². The van der Waals surface area contributed by atoms with E-state index in [0.29, 0.717) is 12.1 Å². The Kier molecular flexibility index (Phi) is 8.32. The number of ketones is 1. The van der Waals surface area contributed by atoms with Crippen LogP contribution < -0.4 is 11.5 Å². The number of halogens is 3. The summed E-state index contributed by atoms with van der Waals surface area (Å²) in [6.07, 6.45) is 2.70. The van der Waals surface area contributed by atoms with Gasteiger partial charge in [-0.3, -0.25) is 4.79 Å². The predicted molar refractivity (Wildman–Crippen MR) is 146 cm³/mol. The number of nitrogens with two attached hydrogens (primary N) is 2. The van der Waals surface area contributed by atoms with Gasteiger partial charge in [-0.1, -0.05) is 72.3 Å². The molecule has 0 fully saturated rings. The molecule has 4 N–H and O–H groups in total. The molecule has 6 heteroatoms. The van der Waals surface area contributed by atoms with E-state index in [1.165, 1.54) is 29.2 Å². The van der Waals surface area contributed by atoms with E-state index in [9.17, 15) is 18.0 Å². The van der Waals surface area contributed by atoms with Crippen LogP contribution in [0.2, 0.25) is 0 Å². The van der Waals surface area contributed by atoms with Gasteiger partial charge in [-0.05, 0) is 66.5 Å². The number of aryl methyl sites for hydroxylation is 3. The molecule has 0 unspecified atom stereocenters. The van der Waals surface area contributed by atoms with Gasteiger partial charge in [-0.15, -0.1) is 0 Å². The summed E-state index contributed by atoms with van der Waals surface area (Å²) < 4.78 is 42.7. The minimum Gasteiger partial charge on any atom is -0.396 e. The summed E-state index contributed by atoms with van der Waals surface area (Å²) in [6, 6.07) is 21.9. The van der Waals surface area contributed by atoms with Crippen molar-refractivity contribution in [3.63, 3.8) is 0 Å². The first-order valence-electron chi connectivity index (χ1n) is 12.6. The Morgan fingerprint density at radius 1 is 0.737 bits per heavy atom. The molecule has 4 aromatic rings. The fourth-order valence-corrected chi connectivity index (χ4v) is 4.66. The maximum absolute atomic E-state index is 14.5. The zero-order valence-corrected chi connectivity index (χ0v) is 21.6. The highest BCUT2D eigenvalue weighted by atomic mass is 19.2. The van der Waals surface area contributed by atoms with Gasteiger partial charge in [-0.2, -0.15) is 0 Å². The van der Waals surface area contributed by atoms with Crippen molar-refractivity contribution < 1.29 is 18.0 Å². The lowest BCUT2D eigenvalue weighted by Crippen LogP contribution is -2.14. The van der Waals surface area contributed by atoms with Gasteiger partial charge in [0.1, 0.15) is 5.82 Å². The molecule has 0 radical (unpaired) electrons. The van der Waals surface area contributed by atoms with Crippen LogP contribution in [-0.4, -0.2) is 5.78 Å². The summed E-state index contributed by atoms with van der Waals surface area (Å²) in [7, 11) is 0. The molecule has 3 nitrogen and oxygen atoms in total. The van der Waals surface area contributed by atoms with Crippen LogP contribution in [0.1, 0.15) is 50.2 Å². The summed E-state index contributed by atoms with van der Waals surface area (Å²) in [5, 5.41) is 0. The molecule has 4 aromatic carbocycles. The van der Waals surface area contributed by atoms with Gasteiger partial charge in [0.2, 0.25) is 0 Å². The third kappa shape index (κ3) is 5.81. The van der Waals surface area contributed by atoms with Crippen molar-refractivity contribution in [1.29, 1.82) is 0 Å². The summed E-state index contributed by atoms with van der Waals surface area (Å²) >= 11 is 0. The Bertz CT molecular complexity index is 1430. The number of hydrogen-bond donors (Lipinski definition) is 2. The molecule has 38 heavy (non-hydrogen) atoms. The fourth-order valence-electron chi connectivity index (χ4n) is 4.66. The van der Waals surface area contributed by atoms with Crippen molar-refractivity contribution in [1.82, 2.24) is 0 Å². The predicted octanol–water partition coefficient (Wildman–Crippen LogP) is 7.03. The Morgan fingerprint density at radius 2 is 1.34 bits per heavy atom. The zero-order chi connectivity index (χ0) is 27.4. The minimum absolute atomic E-state index is 0.261. The van der Waals surface area contributed by atoms with Crippen molar-refractivity contribution in [3.05, 3.63) is 123 Å². The molecule has 0 saturated heterocycles. The second kappa shape index (κ2) is 11.7. The van der Waals surface area contributed by atoms with E-state index in [1.54, 1.807) is 12.1 Å². The first-order valence-corrected chi connectivity index (χ1v) is 12.6. The van der Waals surface area contributed by atoms with Crippen LogP contribution in [0, 0.1) is 31.3 Å². The monoisotopic (exact) mass is 516 g/mol. The highest BCUT2D eigenvalue weighted by Crippen LogP contribution is 2.28. The number of Topliss-reactive ketones (excluding diaryl/α,β-unsaturated/α-hetero) is 1. The summed E-state index contributed by atoms with van der Waals surface area (Å²) in [6.45, 7) is 3.84. The number of nitrogen functional groups attached to an aromatic ring is 1. The van der Waals surface area contributed by atoms with E-state index in [0.717, 1.165) is 30.4 Å². The van der Waals surface area contributed by atoms with Crippen molar-refractivity contribution in [3.8, 4) is 11.1 Å². The molecule has 0 amide bonds. The minimum atomic E-state index is -1.55. The normalized spacial score (nSPS) is 11.1. The van der Waals surface area contributed by atoms with Crippen LogP contribution in [0.25, 0.3) is 11.1 Å². The fraction of sp³-hybridized carbons (Fsp3) is 0.219. The third-order valence-electron chi connectivity index (χ3n) is 6.98. The van der Waals surface area contributed by atoms with Gasteiger partial charge in [-0.25, -0.2) is 13.2 Å². The molecule has 0 bridgehead atoms. The topological polar surface area (TPSA) is 69.1 Å². The first-order chi connectivity index (χ1) is 18.2. The Hall–Kier alpha value is -3.90. The van der Waals surface area contributed by atoms with Gasteiger partial charge in [0, 0.05) is 18.5 Å². The number of anilines is 1. The maximum Gasteiger partial charge on any atom is 0.182 e. The smallest absolute Gasteiger partial charge is 0.182 e. The van der Waals surface area contributed by atoms with Crippen LogP contribution >= 0.6 is 0 Å². The van der Waals surface area contributed by atoms with Crippen molar-refractivity contribution in [2.75, 3.05) is 5.73 Å². The van der Waals surface area contributed by atoms with Crippen LogP contribution in [0.4, 0.5) is 18.9 Å². The summed E-state index contributed by atoms with van der Waals surface area (Å²) in [5.74, 6) is -4.92. The molecule has 0 spiro atoms. The molecule has 0 aliphatic carbocycles. The lowest BCUT2D eigenvalue weighted by Gasteiger charge is -2.11. The van der Waals surface area contributed by atoms with Crippen LogP contribution in [0.3, 0.4) is 0 Å². The van der Waals surface area contributed by atoms with E-state index in [1.807, 2.05) is 12.1 Å². The molecule has 0 heterocycles. The quantitative estimate of drug-likeness (QED) is 0.143. The molecular formula is C32H31F3N2O. The van der Waals surface area contributed by atoms with E-state index in [-0.39, 0.29) is 12.0 Å². The van der Waals surface area contributed by atoms with Gasteiger partial charge < -0.3 is 11.5 Å². The molecule has 4 rings (SSSR count). The zero-order valence-electron chi connectivity index (χ0n) is 21.6. The van der Waals surface area contributed by atoms with E-state index < -0.39 is 34.5 Å². The maximum atomic E-state index is 14.5. The standard InChI is InChI=1S/C32H31F3N2O/c1-19-6-11-23(26(16-19)18-36)5-3-4-21-7-12-24(13-8-21)25-14-9-22(10-15-25)17-27(38)28-29(33)20(2)32(37)31(35)30(28)34/h6-16H,3-5,17-18,36-37H2,1-2H3. The van der Waals surface area contributed by atoms with Gasteiger partial charge in [0.05, 0.1) is 11.3 Å². The van der Waals surface area contributed by atoms with Gasteiger partial charge in [0.25, 0.3) is 0 Å². The average Bonchev–Trinajstić information content (AvgIpc) is 2.92. The van der Waals surface area contributed by atoms with Crippen molar-refractivity contribution in [2.45, 2.75) is 46.1 Å². The largest absolute Gasteiger partial charge is 0.396 e. The van der Waals surface area contributed by atoms with Gasteiger partial charge >= 0.3 is 0 Å². The SMILES string of the molecule is Cc1ccc(CCCc2ccc(-c3ccc(CC(=O)c4c(F)c(C)c(N)c(F)c4F)cc3)cc2)c(CN)c1. The molecule has 0 aliphatic heterocycles. The summed E-state index contributed by atoms with van der Waals surface area (Å²) in [4.78, 5) is 12.6. The molecule has 0 atom stereocenters. The number of carbonyl (C=O) groups excluding carboxylic acids is 1. The second-order valence-electron chi connectivity index (χ2n) is 9.68. The molecule has 0 saturated carbocycles. The number of carbonyl (C=O) groups is 1. The second-order valence-corrected chi connectivity index (χ2v) is 9.68. The molecule has 0 aliphatic rings. The van der Waals surface area contributed by atoms with E-state index >= 15 is 0 Å². The first kappa shape index (κ1) is 27.1. The van der Waals surface area contributed by atoms with Crippen molar-refractivity contribution in [2.24, 2.45) is 5.73 Å². The number of benzene rings is 4. The van der Waals surface area contributed by atoms with Crippen molar-refractivity contribution >= 4 is 11.5 Å². The molecule has 196 valence electrons. The Balaban J connectivity index is 1.38. The van der Waals surface area contributed by atoms with E-state index in [2.05, 4.69) is 49.4 Å². The highest BCUT2D eigenvalue weighted by molar-refractivity contribution is 5.98.